The Morgan fingerprint density at radius 2 is 1.69 bits per heavy atom. The summed E-state index contributed by atoms with van der Waals surface area (Å²) < 4.78 is 26.7. The molecule has 0 aliphatic heterocycles. The van der Waals surface area contributed by atoms with E-state index in [0.29, 0.717) is 12.4 Å². The highest BCUT2D eigenvalue weighted by atomic mass is 35.5. The van der Waals surface area contributed by atoms with Crippen molar-refractivity contribution in [2.24, 2.45) is 0 Å². The molecule has 16 heavy (non-hydrogen) atoms. The number of alkyl halides is 1. The monoisotopic (exact) mass is 270 g/mol. The lowest BCUT2D eigenvalue weighted by Crippen LogP contribution is -2.43. The first-order valence-electron chi connectivity index (χ1n) is 5.59. The number of hydrogen-bond donors (Lipinski definition) is 0. The third kappa shape index (κ3) is 4.99. The molecule has 0 aromatic heterocycles. The van der Waals surface area contributed by atoms with Crippen LogP contribution in [0.25, 0.3) is 0 Å². The Bertz CT molecular complexity index is 281. The van der Waals surface area contributed by atoms with Gasteiger partial charge in [0.15, 0.2) is 0 Å². The molecule has 0 heterocycles. The van der Waals surface area contributed by atoms with E-state index in [0.717, 1.165) is 19.3 Å². The van der Waals surface area contributed by atoms with Gasteiger partial charge in [-0.3, -0.25) is 0 Å². The molecule has 0 bridgehead atoms. The fourth-order valence-corrected chi connectivity index (χ4v) is 2.73. The molecule has 0 spiro atoms. The van der Waals surface area contributed by atoms with Crippen LogP contribution in [0.2, 0.25) is 0 Å². The minimum absolute atomic E-state index is 0.0182. The first kappa shape index (κ1) is 16.2. The predicted molar refractivity (Wildman–Crippen MR) is 69.0 cm³/mol. The largest absolute Gasteiger partial charge is 0.281 e. The van der Waals surface area contributed by atoms with Crippen molar-refractivity contribution in [3.05, 3.63) is 0 Å². The van der Waals surface area contributed by atoms with Gasteiger partial charge in [0, 0.05) is 32.6 Å². The van der Waals surface area contributed by atoms with Crippen LogP contribution in [0.1, 0.15) is 33.1 Å². The molecule has 0 aromatic rings. The summed E-state index contributed by atoms with van der Waals surface area (Å²) in [6.45, 7) is 4.27. The minimum Gasteiger partial charge on any atom is -0.195 e. The van der Waals surface area contributed by atoms with Crippen LogP contribution in [0.4, 0.5) is 0 Å². The lowest BCUT2D eigenvalue weighted by molar-refractivity contribution is 0.354. The zero-order chi connectivity index (χ0) is 12.8. The maximum absolute atomic E-state index is 12.0. The molecule has 0 N–H and O–H groups in total. The highest BCUT2D eigenvalue weighted by Crippen LogP contribution is 2.09. The fourth-order valence-electron chi connectivity index (χ4n) is 1.21. The van der Waals surface area contributed by atoms with Gasteiger partial charge in [0.25, 0.3) is 10.2 Å². The quantitative estimate of drug-likeness (QED) is 0.499. The van der Waals surface area contributed by atoms with Crippen LogP contribution >= 0.6 is 11.6 Å². The van der Waals surface area contributed by atoms with Gasteiger partial charge >= 0.3 is 0 Å². The zero-order valence-electron chi connectivity index (χ0n) is 10.6. The van der Waals surface area contributed by atoms with Gasteiger partial charge in [-0.2, -0.15) is 17.0 Å². The molecule has 0 fully saturated rings. The Balaban J connectivity index is 4.20. The van der Waals surface area contributed by atoms with E-state index < -0.39 is 10.2 Å². The summed E-state index contributed by atoms with van der Waals surface area (Å²) in [5, 5.41) is 0. The van der Waals surface area contributed by atoms with Crippen LogP contribution in [0.5, 0.6) is 0 Å². The minimum atomic E-state index is -3.29. The van der Waals surface area contributed by atoms with Gasteiger partial charge in [-0.25, -0.2) is 0 Å². The molecule has 0 rings (SSSR count). The van der Waals surface area contributed by atoms with Crippen molar-refractivity contribution < 1.29 is 8.42 Å². The molecule has 0 aliphatic carbocycles. The van der Waals surface area contributed by atoms with Gasteiger partial charge in [-0.05, 0) is 26.7 Å². The van der Waals surface area contributed by atoms with Gasteiger partial charge < -0.3 is 0 Å². The lowest BCUT2D eigenvalue weighted by atomic mass is 10.2. The van der Waals surface area contributed by atoms with Crippen molar-refractivity contribution in [3.8, 4) is 0 Å². The Hall–Kier alpha value is 0.160. The van der Waals surface area contributed by atoms with Crippen LogP contribution in [0, 0.1) is 0 Å². The molecule has 0 saturated heterocycles. The summed E-state index contributed by atoms with van der Waals surface area (Å²) in [7, 11) is -0.0654. The maximum atomic E-state index is 12.0. The van der Waals surface area contributed by atoms with Crippen molar-refractivity contribution in [2.75, 3.05) is 26.5 Å². The second-order valence-corrected chi connectivity index (χ2v) is 6.66. The topological polar surface area (TPSA) is 40.6 Å². The maximum Gasteiger partial charge on any atom is 0.281 e. The van der Waals surface area contributed by atoms with Crippen LogP contribution in [0.3, 0.4) is 0 Å². The van der Waals surface area contributed by atoms with E-state index in [1.165, 1.54) is 8.61 Å². The van der Waals surface area contributed by atoms with E-state index >= 15 is 0 Å². The Labute approximate surface area is 105 Å². The average Bonchev–Trinajstić information content (AvgIpc) is 2.22. The number of rotatable bonds is 8. The number of halogens is 1. The molecule has 0 atom stereocenters. The molecule has 0 amide bonds. The average molecular weight is 271 g/mol. The van der Waals surface area contributed by atoms with E-state index in [2.05, 4.69) is 0 Å². The van der Waals surface area contributed by atoms with E-state index in [4.69, 9.17) is 11.6 Å². The molecule has 6 heteroatoms. The van der Waals surface area contributed by atoms with Crippen LogP contribution in [-0.2, 0) is 10.2 Å². The van der Waals surface area contributed by atoms with Gasteiger partial charge in [0.1, 0.15) is 0 Å². The van der Waals surface area contributed by atoms with Gasteiger partial charge in [0.2, 0.25) is 0 Å². The predicted octanol–water partition coefficient (Wildman–Crippen LogP) is 1.91. The zero-order valence-corrected chi connectivity index (χ0v) is 12.2. The van der Waals surface area contributed by atoms with Crippen molar-refractivity contribution in [2.45, 2.75) is 39.2 Å². The smallest absolute Gasteiger partial charge is 0.195 e. The molecule has 0 aromatic carbocycles. The van der Waals surface area contributed by atoms with Gasteiger partial charge in [-0.15, -0.1) is 11.6 Å². The summed E-state index contributed by atoms with van der Waals surface area (Å²) in [4.78, 5) is 0. The summed E-state index contributed by atoms with van der Waals surface area (Å²) in [6, 6.07) is -0.0182. The van der Waals surface area contributed by atoms with Crippen LogP contribution in [-0.4, -0.2) is 49.6 Å². The third-order valence-corrected chi connectivity index (χ3v) is 4.98. The van der Waals surface area contributed by atoms with Crippen molar-refractivity contribution in [1.82, 2.24) is 8.61 Å². The number of unbranched alkanes of at least 4 members (excludes halogenated alkanes) is 2. The summed E-state index contributed by atoms with van der Waals surface area (Å²) in [5.74, 6) is 0.641. The summed E-state index contributed by atoms with van der Waals surface area (Å²) in [5.41, 5.74) is 0. The Morgan fingerprint density at radius 1 is 1.12 bits per heavy atom. The van der Waals surface area contributed by atoms with Gasteiger partial charge in [0.05, 0.1) is 0 Å². The summed E-state index contributed by atoms with van der Waals surface area (Å²) >= 11 is 5.56. The van der Waals surface area contributed by atoms with Crippen molar-refractivity contribution >= 4 is 21.8 Å². The molecule has 0 saturated carbocycles. The van der Waals surface area contributed by atoms with E-state index in [-0.39, 0.29) is 6.04 Å². The molecular weight excluding hydrogens is 248 g/mol. The van der Waals surface area contributed by atoms with Gasteiger partial charge in [-0.1, -0.05) is 6.42 Å². The molecular formula is C10H23ClN2O2S. The highest BCUT2D eigenvalue weighted by Gasteiger charge is 2.24. The van der Waals surface area contributed by atoms with Crippen LogP contribution < -0.4 is 0 Å². The van der Waals surface area contributed by atoms with Crippen molar-refractivity contribution in [3.63, 3.8) is 0 Å². The van der Waals surface area contributed by atoms with E-state index in [9.17, 15) is 8.42 Å². The molecule has 0 radical (unpaired) electrons. The molecule has 4 nitrogen and oxygen atoms in total. The standard InChI is InChI=1S/C10H23ClN2O2S/c1-10(2)13(4)16(14,15)12(3)9-7-5-6-8-11/h10H,5-9H2,1-4H3. The van der Waals surface area contributed by atoms with E-state index in [1.807, 2.05) is 13.8 Å². The second-order valence-electron chi connectivity index (χ2n) is 4.19. The van der Waals surface area contributed by atoms with Crippen molar-refractivity contribution in [1.29, 1.82) is 0 Å². The number of nitrogens with zero attached hydrogens (tertiary/aromatic N) is 2. The van der Waals surface area contributed by atoms with E-state index in [1.54, 1.807) is 14.1 Å². The Kier molecular flexibility index (Phi) is 7.55. The Morgan fingerprint density at radius 3 is 2.12 bits per heavy atom. The van der Waals surface area contributed by atoms with Crippen LogP contribution in [0.15, 0.2) is 0 Å². The molecule has 0 aliphatic rings. The fraction of sp³-hybridized carbons (Fsp3) is 1.00. The lowest BCUT2D eigenvalue weighted by Gasteiger charge is -2.26. The SMILES string of the molecule is CC(C)N(C)S(=O)(=O)N(C)CCCCCCl. The molecule has 98 valence electrons. The third-order valence-electron chi connectivity index (χ3n) is 2.59. The first-order valence-corrected chi connectivity index (χ1v) is 7.52. The summed E-state index contributed by atoms with van der Waals surface area (Å²) in [6.07, 6.45) is 2.76. The second kappa shape index (κ2) is 7.48. The highest BCUT2D eigenvalue weighted by molar-refractivity contribution is 7.86. The number of hydrogen-bond acceptors (Lipinski definition) is 2. The first-order chi connectivity index (χ1) is 7.34. The molecule has 0 unspecified atom stereocenters. The normalized spacial score (nSPS) is 13.0.